The molecule has 0 amide bonds. The molecule has 4 heterocycles. The van der Waals surface area contributed by atoms with Crippen LogP contribution in [0.2, 0.25) is 5.02 Å². The first-order valence-corrected chi connectivity index (χ1v) is 15.4. The average molecular weight is 671 g/mol. The summed E-state index contributed by atoms with van der Waals surface area (Å²) >= 11 is 5.97. The van der Waals surface area contributed by atoms with Crippen LogP contribution in [-0.4, -0.2) is 91.7 Å². The van der Waals surface area contributed by atoms with Crippen LogP contribution in [0.15, 0.2) is 64.7 Å². The Hall–Kier alpha value is -3.99. The zero-order chi connectivity index (χ0) is 32.4. The third-order valence-corrected chi connectivity index (χ3v) is 8.86. The number of ether oxygens (including phenoxy) is 2. The minimum Gasteiger partial charge on any atom is -0.485 e. The fourth-order valence-corrected chi connectivity index (χ4v) is 6.36. The van der Waals surface area contributed by atoms with Gasteiger partial charge in [-0.25, -0.2) is 22.8 Å². The largest absolute Gasteiger partial charge is 0.485 e. The molecule has 5 rings (SSSR count). The van der Waals surface area contributed by atoms with Gasteiger partial charge in [0, 0.05) is 56.2 Å². The summed E-state index contributed by atoms with van der Waals surface area (Å²) in [6.45, 7) is 1.07. The molecule has 0 spiro atoms. The topological polar surface area (TPSA) is 118 Å². The number of pyridine rings is 2. The van der Waals surface area contributed by atoms with E-state index in [4.69, 9.17) is 21.1 Å². The van der Waals surface area contributed by atoms with Crippen LogP contribution >= 0.6 is 11.6 Å². The third-order valence-electron chi connectivity index (χ3n) is 7.01. The molecule has 3 aromatic heterocycles. The van der Waals surface area contributed by atoms with Gasteiger partial charge in [0.1, 0.15) is 28.7 Å². The number of benzene rings is 1. The molecule has 1 aromatic carbocycles. The van der Waals surface area contributed by atoms with Crippen molar-refractivity contribution in [3.05, 3.63) is 76.2 Å². The van der Waals surface area contributed by atoms with E-state index in [-0.39, 0.29) is 46.9 Å². The van der Waals surface area contributed by atoms with Crippen LogP contribution < -0.4 is 19.8 Å². The van der Waals surface area contributed by atoms with Gasteiger partial charge in [0.25, 0.3) is 15.6 Å². The summed E-state index contributed by atoms with van der Waals surface area (Å²) in [5, 5.41) is -0.312. The molecule has 240 valence electrons. The van der Waals surface area contributed by atoms with Crippen LogP contribution in [0.5, 0.6) is 11.6 Å². The smallest absolute Gasteiger partial charge is 0.401 e. The van der Waals surface area contributed by atoms with E-state index in [2.05, 4.69) is 14.7 Å². The molecule has 1 fully saturated rings. The molecule has 0 atom stereocenters. The van der Waals surface area contributed by atoms with Crippen LogP contribution in [-0.2, 0) is 10.0 Å². The first-order chi connectivity index (χ1) is 21.3. The zero-order valence-electron chi connectivity index (χ0n) is 23.7. The number of methoxy groups -OCH3 is 1. The number of hydrogen-bond donors (Lipinski definition) is 1. The third kappa shape index (κ3) is 7.81. The molecular weight excluding hydrogens is 644 g/mol. The lowest BCUT2D eigenvalue weighted by Gasteiger charge is -2.34. The molecule has 17 heteroatoms. The summed E-state index contributed by atoms with van der Waals surface area (Å²) in [6, 6.07) is 7.59. The number of halogens is 5. The van der Waals surface area contributed by atoms with Crippen molar-refractivity contribution in [3.8, 4) is 22.8 Å². The Morgan fingerprint density at radius 1 is 1.00 bits per heavy atom. The lowest BCUT2D eigenvalue weighted by atomic mass is 10.1. The molecule has 0 radical (unpaired) electrons. The molecule has 1 saturated heterocycles. The van der Waals surface area contributed by atoms with E-state index in [9.17, 15) is 30.8 Å². The molecule has 0 unspecified atom stereocenters. The van der Waals surface area contributed by atoms with Gasteiger partial charge in [0.05, 0.1) is 24.9 Å². The minimum absolute atomic E-state index is 0.0159. The first kappa shape index (κ1) is 32.4. The van der Waals surface area contributed by atoms with Crippen LogP contribution in [0.1, 0.15) is 0 Å². The molecule has 11 nitrogen and oxygen atoms in total. The minimum atomic E-state index is -4.27. The van der Waals surface area contributed by atoms with Gasteiger partial charge in [0.15, 0.2) is 0 Å². The van der Waals surface area contributed by atoms with Gasteiger partial charge >= 0.3 is 6.18 Å². The molecule has 0 aliphatic carbocycles. The predicted octanol–water partition coefficient (Wildman–Crippen LogP) is 3.92. The second-order valence-electron chi connectivity index (χ2n) is 10.1. The number of alkyl halides is 3. The maximum Gasteiger partial charge on any atom is 0.401 e. The molecule has 1 N–H and O–H groups in total. The summed E-state index contributed by atoms with van der Waals surface area (Å²) in [5.41, 5.74) is 0.701. The van der Waals surface area contributed by atoms with E-state index in [1.807, 2.05) is 4.90 Å². The van der Waals surface area contributed by atoms with Crippen molar-refractivity contribution < 1.29 is 35.5 Å². The van der Waals surface area contributed by atoms with E-state index >= 15 is 0 Å². The highest BCUT2D eigenvalue weighted by atomic mass is 35.5. The van der Waals surface area contributed by atoms with Gasteiger partial charge in [-0.05, 0) is 36.4 Å². The number of piperazine rings is 1. The second kappa shape index (κ2) is 13.2. The van der Waals surface area contributed by atoms with E-state index in [1.54, 1.807) is 12.1 Å². The number of hydrogen-bond acceptors (Lipinski definition) is 9. The predicted molar refractivity (Wildman–Crippen MR) is 158 cm³/mol. The van der Waals surface area contributed by atoms with Crippen LogP contribution in [0.4, 0.5) is 23.2 Å². The van der Waals surface area contributed by atoms with Crippen molar-refractivity contribution in [2.75, 3.05) is 57.7 Å². The standard InChI is InChI=1S/C28H27ClF4N6O5S/c1-43-26-22(36-45(41,42)24-4-3-20(30)13-21(24)29)12-19(14-35-26)18-2-5-25-34-15-23(27(40)39(25)16-18)44-11-10-37-6-8-38(9-7-37)17-28(31,32)33/h2-5,12-16,36H,6-11,17H2,1H3. The Labute approximate surface area is 260 Å². The summed E-state index contributed by atoms with van der Waals surface area (Å²) in [7, 11) is -2.96. The zero-order valence-corrected chi connectivity index (χ0v) is 25.3. The lowest BCUT2D eigenvalue weighted by molar-refractivity contribution is -0.149. The highest BCUT2D eigenvalue weighted by Crippen LogP contribution is 2.32. The Bertz CT molecular complexity index is 1870. The SMILES string of the molecule is COc1ncc(-c2ccc3ncc(OCCN4CCN(CC(F)(F)F)CC4)c(=O)n3c2)cc1NS(=O)(=O)c1ccc(F)cc1Cl. The molecule has 0 saturated carbocycles. The number of rotatable bonds is 10. The maximum atomic E-state index is 13.5. The summed E-state index contributed by atoms with van der Waals surface area (Å²) in [6.07, 6.45) is -0.00685. The van der Waals surface area contributed by atoms with Gasteiger partial charge in [-0.1, -0.05) is 11.6 Å². The molecule has 0 bridgehead atoms. The van der Waals surface area contributed by atoms with Gasteiger partial charge in [0.2, 0.25) is 11.6 Å². The Morgan fingerprint density at radius 3 is 2.42 bits per heavy atom. The maximum absolute atomic E-state index is 13.5. The van der Waals surface area contributed by atoms with E-state index in [0.717, 1.165) is 18.2 Å². The fraction of sp³-hybridized carbons (Fsp3) is 0.321. The quantitative estimate of drug-likeness (QED) is 0.251. The summed E-state index contributed by atoms with van der Waals surface area (Å²) in [5.74, 6) is -0.758. The van der Waals surface area contributed by atoms with Crippen LogP contribution in [0.25, 0.3) is 16.8 Å². The van der Waals surface area contributed by atoms with Crippen molar-refractivity contribution in [2.24, 2.45) is 0 Å². The normalized spacial score (nSPS) is 14.9. The monoisotopic (exact) mass is 670 g/mol. The molecule has 4 aromatic rings. The average Bonchev–Trinajstić information content (AvgIpc) is 2.98. The number of nitrogens with one attached hydrogen (secondary N) is 1. The van der Waals surface area contributed by atoms with E-state index < -0.39 is 34.1 Å². The second-order valence-corrected chi connectivity index (χ2v) is 12.2. The fourth-order valence-electron chi connectivity index (χ4n) is 4.78. The Balaban J connectivity index is 1.32. The molecular formula is C28H27ClF4N6O5S. The molecule has 45 heavy (non-hydrogen) atoms. The van der Waals surface area contributed by atoms with Crippen molar-refractivity contribution in [1.82, 2.24) is 24.2 Å². The van der Waals surface area contributed by atoms with E-state index in [0.29, 0.717) is 36.4 Å². The van der Waals surface area contributed by atoms with Crippen molar-refractivity contribution in [1.29, 1.82) is 0 Å². The Kier molecular flexibility index (Phi) is 9.48. The lowest BCUT2D eigenvalue weighted by Crippen LogP contribution is -2.49. The first-order valence-electron chi connectivity index (χ1n) is 13.5. The summed E-state index contributed by atoms with van der Waals surface area (Å²) in [4.78, 5) is 24.7. The summed E-state index contributed by atoms with van der Waals surface area (Å²) < 4.78 is 92.0. The van der Waals surface area contributed by atoms with Crippen LogP contribution in [0.3, 0.4) is 0 Å². The highest BCUT2D eigenvalue weighted by Gasteiger charge is 2.32. The van der Waals surface area contributed by atoms with Crippen molar-refractivity contribution in [2.45, 2.75) is 11.1 Å². The molecule has 1 aliphatic rings. The number of sulfonamides is 1. The van der Waals surface area contributed by atoms with Crippen LogP contribution in [0, 0.1) is 5.82 Å². The number of fused-ring (bicyclic) bond motifs is 1. The number of anilines is 1. The van der Waals surface area contributed by atoms with Gasteiger partial charge in [-0.2, -0.15) is 13.2 Å². The number of aromatic nitrogens is 3. The van der Waals surface area contributed by atoms with Gasteiger partial charge < -0.3 is 9.47 Å². The van der Waals surface area contributed by atoms with Gasteiger partial charge in [-0.15, -0.1) is 0 Å². The van der Waals surface area contributed by atoms with Gasteiger partial charge in [-0.3, -0.25) is 23.7 Å². The van der Waals surface area contributed by atoms with Crippen molar-refractivity contribution >= 4 is 33.0 Å². The van der Waals surface area contributed by atoms with E-state index in [1.165, 1.54) is 41.1 Å². The number of nitrogens with zero attached hydrogens (tertiary/aromatic N) is 5. The molecule has 1 aliphatic heterocycles. The van der Waals surface area contributed by atoms with Crippen molar-refractivity contribution in [3.63, 3.8) is 0 Å². The Morgan fingerprint density at radius 2 is 1.73 bits per heavy atom. The highest BCUT2D eigenvalue weighted by molar-refractivity contribution is 7.92.